The summed E-state index contributed by atoms with van der Waals surface area (Å²) in [6.07, 6.45) is 1.95. The van der Waals surface area contributed by atoms with Crippen LogP contribution in [-0.2, 0) is 14.9 Å². The highest BCUT2D eigenvalue weighted by molar-refractivity contribution is 5.82. The molecule has 0 radical (unpaired) electrons. The normalized spacial score (nSPS) is 33.0. The van der Waals surface area contributed by atoms with Crippen LogP contribution in [0.3, 0.4) is 0 Å². The van der Waals surface area contributed by atoms with Gasteiger partial charge in [-0.3, -0.25) is 4.79 Å². The molecule has 0 amide bonds. The van der Waals surface area contributed by atoms with E-state index in [0.717, 1.165) is 24.9 Å². The van der Waals surface area contributed by atoms with Gasteiger partial charge in [-0.1, -0.05) is 36.4 Å². The van der Waals surface area contributed by atoms with Crippen LogP contribution < -0.4 is 5.32 Å². The maximum atomic E-state index is 13.2. The molecule has 27 heavy (non-hydrogen) atoms. The second-order valence-electron chi connectivity index (χ2n) is 8.06. The Labute approximate surface area is 159 Å². The Hall–Kier alpha value is -2.64. The number of nitriles is 1. The van der Waals surface area contributed by atoms with Crippen LogP contribution in [0.4, 0.5) is 0 Å². The summed E-state index contributed by atoms with van der Waals surface area (Å²) < 4.78 is 5.36. The highest BCUT2D eigenvalue weighted by Crippen LogP contribution is 2.67. The number of carbonyl (C=O) groups is 1. The predicted molar refractivity (Wildman–Crippen MR) is 101 cm³/mol. The lowest BCUT2D eigenvalue weighted by Gasteiger charge is -2.59. The third-order valence-electron chi connectivity index (χ3n) is 7.32. The van der Waals surface area contributed by atoms with Gasteiger partial charge in [-0.05, 0) is 41.7 Å². The summed E-state index contributed by atoms with van der Waals surface area (Å²) in [5.41, 5.74) is 3.61. The maximum absolute atomic E-state index is 13.2. The molecule has 2 bridgehead atoms. The van der Waals surface area contributed by atoms with E-state index >= 15 is 0 Å². The summed E-state index contributed by atoms with van der Waals surface area (Å²) in [5, 5.41) is 13.0. The molecule has 136 valence electrons. The quantitative estimate of drug-likeness (QED) is 0.838. The first-order chi connectivity index (χ1) is 13.2. The molecular weight excluding hydrogens is 336 g/mol. The minimum atomic E-state index is -0.538. The van der Waals surface area contributed by atoms with E-state index in [0.29, 0.717) is 12.1 Å². The molecule has 2 fully saturated rings. The van der Waals surface area contributed by atoms with E-state index in [2.05, 4.69) is 41.7 Å². The minimum Gasteiger partial charge on any atom is -0.469 e. The third kappa shape index (κ3) is 1.88. The molecule has 0 aromatic heterocycles. The molecule has 0 spiro atoms. The van der Waals surface area contributed by atoms with Gasteiger partial charge in [0.1, 0.15) is 0 Å². The van der Waals surface area contributed by atoms with E-state index in [4.69, 9.17) is 4.74 Å². The summed E-state index contributed by atoms with van der Waals surface area (Å²) in [5.74, 6) is 0.208. The molecule has 3 aliphatic carbocycles. The molecule has 4 aliphatic rings. The lowest BCUT2D eigenvalue weighted by Crippen LogP contribution is -2.60. The summed E-state index contributed by atoms with van der Waals surface area (Å²) in [6, 6.07) is 18.8. The summed E-state index contributed by atoms with van der Waals surface area (Å²) in [4.78, 5) is 13.2. The van der Waals surface area contributed by atoms with Crippen LogP contribution in [0.5, 0.6) is 0 Å². The number of nitrogens with zero attached hydrogens (tertiary/aromatic N) is 1. The second kappa shape index (κ2) is 5.68. The van der Waals surface area contributed by atoms with Gasteiger partial charge in [0.05, 0.1) is 24.2 Å². The summed E-state index contributed by atoms with van der Waals surface area (Å²) in [7, 11) is 1.50. The van der Waals surface area contributed by atoms with Crippen molar-refractivity contribution >= 4 is 5.97 Å². The fourth-order valence-corrected chi connectivity index (χ4v) is 6.39. The van der Waals surface area contributed by atoms with E-state index in [1.807, 2.05) is 18.2 Å². The number of ether oxygens (including phenoxy) is 1. The molecule has 1 aliphatic heterocycles. The Balaban J connectivity index is 1.84. The van der Waals surface area contributed by atoms with E-state index in [1.165, 1.54) is 18.2 Å². The fourth-order valence-electron chi connectivity index (χ4n) is 6.39. The smallest absolute Gasteiger partial charge is 0.314 e. The monoisotopic (exact) mass is 358 g/mol. The van der Waals surface area contributed by atoms with Gasteiger partial charge in [-0.25, -0.2) is 0 Å². The van der Waals surface area contributed by atoms with E-state index in [9.17, 15) is 10.1 Å². The van der Waals surface area contributed by atoms with Crippen LogP contribution in [0, 0.1) is 22.7 Å². The molecule has 1 N–H and O–H groups in total. The zero-order valence-electron chi connectivity index (χ0n) is 15.4. The van der Waals surface area contributed by atoms with Crippen molar-refractivity contribution in [3.8, 4) is 6.07 Å². The van der Waals surface area contributed by atoms with Gasteiger partial charge in [0.15, 0.2) is 0 Å². The zero-order chi connectivity index (χ0) is 18.6. The van der Waals surface area contributed by atoms with Crippen LogP contribution in [0.25, 0.3) is 0 Å². The molecule has 4 heteroatoms. The number of hydrogen-bond donors (Lipinski definition) is 1. The van der Waals surface area contributed by atoms with Crippen molar-refractivity contribution in [3.63, 3.8) is 0 Å². The number of benzene rings is 2. The number of carbonyl (C=O) groups excluding carboxylic acids is 1. The number of rotatable bonds is 2. The number of methoxy groups -OCH3 is 1. The molecule has 1 heterocycles. The van der Waals surface area contributed by atoms with Crippen LogP contribution in [0.1, 0.15) is 41.0 Å². The van der Waals surface area contributed by atoms with Crippen molar-refractivity contribution in [1.82, 2.24) is 5.32 Å². The lowest BCUT2D eigenvalue weighted by molar-refractivity contribution is -0.161. The Morgan fingerprint density at radius 2 is 2.11 bits per heavy atom. The van der Waals surface area contributed by atoms with E-state index < -0.39 is 5.41 Å². The van der Waals surface area contributed by atoms with Crippen LogP contribution >= 0.6 is 0 Å². The average molecular weight is 358 g/mol. The average Bonchev–Trinajstić information content (AvgIpc) is 3.21. The molecular formula is C23H22N2O2. The third-order valence-corrected chi connectivity index (χ3v) is 7.32. The molecule has 6 rings (SSSR count). The van der Waals surface area contributed by atoms with E-state index in [1.54, 1.807) is 0 Å². The molecule has 2 aromatic carbocycles. The van der Waals surface area contributed by atoms with Gasteiger partial charge in [0.2, 0.25) is 0 Å². The van der Waals surface area contributed by atoms with Crippen molar-refractivity contribution in [1.29, 1.82) is 5.26 Å². The number of esters is 1. The largest absolute Gasteiger partial charge is 0.469 e. The fraction of sp³-hybridized carbons (Fsp3) is 0.391. The van der Waals surface area contributed by atoms with Gasteiger partial charge >= 0.3 is 5.97 Å². The number of fused-ring (bicyclic) bond motifs is 1. The first-order valence-corrected chi connectivity index (χ1v) is 9.57. The highest BCUT2D eigenvalue weighted by atomic mass is 16.5. The maximum Gasteiger partial charge on any atom is 0.314 e. The van der Waals surface area contributed by atoms with Crippen molar-refractivity contribution in [3.05, 3.63) is 70.8 Å². The van der Waals surface area contributed by atoms with Gasteiger partial charge in [-0.2, -0.15) is 5.26 Å². The van der Waals surface area contributed by atoms with Crippen LogP contribution in [-0.4, -0.2) is 26.2 Å². The van der Waals surface area contributed by atoms with Crippen molar-refractivity contribution < 1.29 is 9.53 Å². The van der Waals surface area contributed by atoms with Gasteiger partial charge in [0, 0.05) is 30.3 Å². The topological polar surface area (TPSA) is 62.1 Å². The summed E-state index contributed by atoms with van der Waals surface area (Å²) >= 11 is 0. The standard InChI is InChI=1S/C23H22N2O2/c1-27-21(26)23-14-25-13-20(23)22(16-6-4-5-15(11-16)12-24)10-9-19(23)17-7-2-3-8-18(17)22/h2-8,11,19-20,25H,9-10,13-14H2,1H3. The van der Waals surface area contributed by atoms with Crippen molar-refractivity contribution in [2.75, 3.05) is 20.2 Å². The Bertz CT molecular complexity index is 978. The Kier molecular flexibility index (Phi) is 3.47. The van der Waals surface area contributed by atoms with Crippen molar-refractivity contribution in [2.45, 2.75) is 24.2 Å². The highest BCUT2D eigenvalue weighted by Gasteiger charge is 2.69. The first-order valence-electron chi connectivity index (χ1n) is 9.57. The molecule has 1 saturated carbocycles. The number of nitrogens with one attached hydrogen (secondary N) is 1. The Morgan fingerprint density at radius 3 is 2.93 bits per heavy atom. The van der Waals surface area contributed by atoms with Crippen molar-refractivity contribution in [2.24, 2.45) is 11.3 Å². The second-order valence-corrected chi connectivity index (χ2v) is 8.06. The van der Waals surface area contributed by atoms with E-state index in [-0.39, 0.29) is 23.2 Å². The van der Waals surface area contributed by atoms with Gasteiger partial charge in [-0.15, -0.1) is 0 Å². The molecule has 4 atom stereocenters. The first kappa shape index (κ1) is 16.5. The van der Waals surface area contributed by atoms with Gasteiger partial charge in [0.25, 0.3) is 0 Å². The molecule has 4 nitrogen and oxygen atoms in total. The summed E-state index contributed by atoms with van der Waals surface area (Å²) in [6.45, 7) is 1.44. The number of hydrogen-bond acceptors (Lipinski definition) is 4. The lowest BCUT2D eigenvalue weighted by atomic mass is 9.42. The zero-order valence-corrected chi connectivity index (χ0v) is 15.4. The van der Waals surface area contributed by atoms with Crippen LogP contribution in [0.2, 0.25) is 0 Å². The molecule has 2 aromatic rings. The predicted octanol–water partition coefficient (Wildman–Crippen LogP) is 3.11. The molecule has 4 unspecified atom stereocenters. The van der Waals surface area contributed by atoms with Gasteiger partial charge < -0.3 is 10.1 Å². The SMILES string of the molecule is COC(=O)C12CNCC1C1(c3cccc(C#N)c3)CCC2c2ccccc21. The Morgan fingerprint density at radius 1 is 1.26 bits per heavy atom. The minimum absolute atomic E-state index is 0.0995. The van der Waals surface area contributed by atoms with Crippen LogP contribution in [0.15, 0.2) is 48.5 Å². The molecule has 1 saturated heterocycles.